The van der Waals surface area contributed by atoms with E-state index in [0.29, 0.717) is 52.9 Å². The third kappa shape index (κ3) is 9.37. The number of hydrogen-bond donors (Lipinski definition) is 4. The third-order valence-corrected chi connectivity index (χ3v) is 11.6. The topological polar surface area (TPSA) is 176 Å². The number of carbonyl (C=O) groups excluding carboxylic acids is 2. The number of fused-ring (bicyclic) bond motifs is 1. The van der Waals surface area contributed by atoms with Gasteiger partial charge in [-0.3, -0.25) is 4.79 Å². The van der Waals surface area contributed by atoms with Gasteiger partial charge in [-0.15, -0.1) is 0 Å². The van der Waals surface area contributed by atoms with Crippen molar-refractivity contribution < 1.29 is 37.4 Å². The number of hydrogen-bond acceptors (Lipinski definition) is 8. The van der Waals surface area contributed by atoms with Gasteiger partial charge < -0.3 is 30.1 Å². The molecule has 1 aliphatic heterocycles. The molecule has 3 amide bonds. The average molecular weight is 772 g/mol. The zero-order valence-corrected chi connectivity index (χ0v) is 32.3. The number of carbonyl (C=O) groups is 3. The van der Waals surface area contributed by atoms with Crippen molar-refractivity contribution >= 4 is 38.8 Å². The molecule has 0 spiro atoms. The number of pyridine rings is 1. The molecular formula is C41H49N5O8S. The number of ether oxygens (including phenoxy) is 2. The van der Waals surface area contributed by atoms with Gasteiger partial charge in [-0.2, -0.15) is 0 Å². The van der Waals surface area contributed by atoms with Crippen LogP contribution >= 0.6 is 0 Å². The fraction of sp³-hybridized carbons (Fsp3) is 0.415. The Hall–Kier alpha value is -5.21. The molecule has 0 radical (unpaired) electrons. The minimum Gasteiger partial charge on any atom is -0.497 e. The summed E-state index contributed by atoms with van der Waals surface area (Å²) < 4.78 is 40.8. The van der Waals surface area contributed by atoms with E-state index in [9.17, 15) is 27.9 Å². The number of carboxylic acids is 1. The lowest BCUT2D eigenvalue weighted by molar-refractivity contribution is -0.144. The van der Waals surface area contributed by atoms with Crippen LogP contribution in [-0.4, -0.2) is 85.2 Å². The van der Waals surface area contributed by atoms with Crippen molar-refractivity contribution in [2.45, 2.75) is 75.9 Å². The number of methoxy groups -OCH3 is 1. The fourth-order valence-electron chi connectivity index (χ4n) is 7.38. The van der Waals surface area contributed by atoms with Gasteiger partial charge in [0.25, 0.3) is 0 Å². The molecule has 1 aliphatic carbocycles. The van der Waals surface area contributed by atoms with Crippen molar-refractivity contribution in [2.24, 2.45) is 11.8 Å². The Kier molecular flexibility index (Phi) is 12.0. The van der Waals surface area contributed by atoms with Gasteiger partial charge in [0.1, 0.15) is 29.2 Å². The van der Waals surface area contributed by atoms with Crippen molar-refractivity contribution in [1.29, 1.82) is 0 Å². The highest BCUT2D eigenvalue weighted by atomic mass is 32.2. The van der Waals surface area contributed by atoms with E-state index in [1.165, 1.54) is 4.90 Å². The van der Waals surface area contributed by atoms with Crippen molar-refractivity contribution in [2.75, 3.05) is 20.2 Å². The fourth-order valence-corrected chi connectivity index (χ4v) is 8.57. The minimum absolute atomic E-state index is 0.00989. The molecule has 5 atom stereocenters. The van der Waals surface area contributed by atoms with E-state index < -0.39 is 51.7 Å². The van der Waals surface area contributed by atoms with E-state index in [4.69, 9.17) is 14.5 Å². The molecule has 1 saturated carbocycles. The first-order valence-electron chi connectivity index (χ1n) is 18.7. The van der Waals surface area contributed by atoms with E-state index in [-0.39, 0.29) is 37.1 Å². The molecule has 2 aliphatic rings. The number of sulfonamides is 1. The summed E-state index contributed by atoms with van der Waals surface area (Å²) in [7, 11) is -2.15. The lowest BCUT2D eigenvalue weighted by atomic mass is 10.0. The monoisotopic (exact) mass is 771 g/mol. The SMILES string of the molecule is CC[C@@H]1C[C@]1(NC(=O)[C@@H]1C[C@@H](Oc2cc(-c3ccccc3)nc3cc(OC)ccc23)CN1C(=O)N[C@H](CNS(=O)(=O)Cc1ccccc1)CC(C)C)C(=O)O. The van der Waals surface area contributed by atoms with E-state index in [2.05, 4.69) is 15.4 Å². The number of urea groups is 1. The van der Waals surface area contributed by atoms with Gasteiger partial charge in [0.05, 0.1) is 30.6 Å². The number of carboxylic acid groups (broad SMARTS) is 1. The Labute approximate surface area is 321 Å². The first kappa shape index (κ1) is 39.5. The lowest BCUT2D eigenvalue weighted by Gasteiger charge is -2.29. The van der Waals surface area contributed by atoms with Crippen LogP contribution in [0.25, 0.3) is 22.2 Å². The molecule has 14 heteroatoms. The zero-order valence-electron chi connectivity index (χ0n) is 31.5. The number of likely N-dealkylation sites (tertiary alicyclic amines) is 1. The summed E-state index contributed by atoms with van der Waals surface area (Å²) in [6.07, 6.45) is 0.767. The van der Waals surface area contributed by atoms with Gasteiger partial charge >= 0.3 is 12.0 Å². The quantitative estimate of drug-likeness (QED) is 0.117. The normalized spacial score (nSPS) is 21.3. The van der Waals surface area contributed by atoms with Crippen LogP contribution < -0.4 is 24.8 Å². The van der Waals surface area contributed by atoms with Gasteiger partial charge in [-0.25, -0.2) is 27.7 Å². The van der Waals surface area contributed by atoms with Gasteiger partial charge in [-0.05, 0) is 42.4 Å². The van der Waals surface area contributed by atoms with Crippen molar-refractivity contribution in [3.05, 3.63) is 90.5 Å². The largest absolute Gasteiger partial charge is 0.497 e. The first-order chi connectivity index (χ1) is 26.3. The first-order valence-corrected chi connectivity index (χ1v) is 20.3. The summed E-state index contributed by atoms with van der Waals surface area (Å²) in [6, 6.07) is 23.5. The Balaban J connectivity index is 1.26. The van der Waals surface area contributed by atoms with Crippen molar-refractivity contribution in [3.63, 3.8) is 0 Å². The standard InChI is InChI=1S/C41H49N5O8S/c1-5-29-22-41(29,39(48)49)45-38(47)36-20-32(54-37-21-34(28-14-10-7-11-15-28)44-35-19-31(53-4)16-17-33(35)37)24-46(36)40(50)43-30(18-26(2)3)23-42-55(51,52)25-27-12-8-6-9-13-27/h6-17,19,21,26,29-30,32,36,42H,5,18,20,22-25H2,1-4H3,(H,43,50)(H,45,47)(H,48,49)/t29-,30+,32-,36+,41-/m1/s1. The Morgan fingerprint density at radius 1 is 1.02 bits per heavy atom. The van der Waals surface area contributed by atoms with Gasteiger partial charge in [0, 0.05) is 42.1 Å². The second-order valence-corrected chi connectivity index (χ2v) is 16.6. The summed E-state index contributed by atoms with van der Waals surface area (Å²) in [5.41, 5.74) is 1.40. The van der Waals surface area contributed by atoms with E-state index in [0.717, 1.165) is 5.56 Å². The number of amides is 3. The molecule has 4 aromatic rings. The molecule has 4 N–H and O–H groups in total. The zero-order chi connectivity index (χ0) is 39.3. The highest BCUT2D eigenvalue weighted by molar-refractivity contribution is 7.88. The Morgan fingerprint density at radius 2 is 1.73 bits per heavy atom. The number of benzene rings is 3. The molecule has 2 heterocycles. The summed E-state index contributed by atoms with van der Waals surface area (Å²) in [5.74, 6) is -0.909. The van der Waals surface area contributed by atoms with Crippen LogP contribution in [0.2, 0.25) is 0 Å². The molecule has 6 rings (SSSR count). The van der Waals surface area contributed by atoms with Crippen LogP contribution in [0.15, 0.2) is 84.9 Å². The summed E-state index contributed by atoms with van der Waals surface area (Å²) >= 11 is 0. The molecule has 0 bridgehead atoms. The maximum absolute atomic E-state index is 14.2. The summed E-state index contributed by atoms with van der Waals surface area (Å²) in [4.78, 5) is 46.8. The molecule has 13 nitrogen and oxygen atoms in total. The van der Waals surface area contributed by atoms with Gasteiger partial charge in [0.15, 0.2) is 0 Å². The average Bonchev–Trinajstić information content (AvgIpc) is 3.72. The van der Waals surface area contributed by atoms with Crippen molar-refractivity contribution in [1.82, 2.24) is 25.2 Å². The Morgan fingerprint density at radius 3 is 2.36 bits per heavy atom. The highest BCUT2D eigenvalue weighted by Crippen LogP contribution is 2.46. The minimum atomic E-state index is -3.73. The van der Waals surface area contributed by atoms with E-state index in [1.54, 1.807) is 37.4 Å². The predicted octanol–water partition coefficient (Wildman–Crippen LogP) is 5.35. The summed E-state index contributed by atoms with van der Waals surface area (Å²) in [6.45, 7) is 5.77. The van der Waals surface area contributed by atoms with Crippen LogP contribution in [0.3, 0.4) is 0 Å². The molecular weight excluding hydrogens is 723 g/mol. The van der Waals surface area contributed by atoms with Crippen molar-refractivity contribution in [3.8, 4) is 22.8 Å². The number of rotatable bonds is 16. The van der Waals surface area contributed by atoms with Gasteiger partial charge in [0.2, 0.25) is 15.9 Å². The molecule has 1 aromatic heterocycles. The van der Waals surface area contributed by atoms with E-state index in [1.807, 2.05) is 75.4 Å². The number of aromatic nitrogens is 1. The van der Waals surface area contributed by atoms with Crippen LogP contribution in [0.1, 0.15) is 52.0 Å². The maximum Gasteiger partial charge on any atom is 0.329 e. The lowest BCUT2D eigenvalue weighted by Crippen LogP contribution is -2.56. The second-order valence-electron chi connectivity index (χ2n) is 14.8. The predicted molar refractivity (Wildman–Crippen MR) is 209 cm³/mol. The number of nitrogens with zero attached hydrogens (tertiary/aromatic N) is 2. The second kappa shape index (κ2) is 16.7. The molecule has 292 valence electrons. The molecule has 1 saturated heterocycles. The molecule has 2 fully saturated rings. The molecule has 0 unspecified atom stereocenters. The molecule has 3 aromatic carbocycles. The summed E-state index contributed by atoms with van der Waals surface area (Å²) in [5, 5.41) is 16.5. The third-order valence-electron chi connectivity index (χ3n) is 10.3. The Bertz CT molecular complexity index is 2120. The van der Waals surface area contributed by atoms with Crippen LogP contribution in [0.5, 0.6) is 11.5 Å². The van der Waals surface area contributed by atoms with Crippen LogP contribution in [0.4, 0.5) is 4.79 Å². The van der Waals surface area contributed by atoms with E-state index >= 15 is 0 Å². The highest BCUT2D eigenvalue weighted by Gasteiger charge is 2.61. The van der Waals surface area contributed by atoms with Crippen LogP contribution in [0, 0.1) is 11.8 Å². The maximum atomic E-state index is 14.2. The van der Waals surface area contributed by atoms with Gasteiger partial charge in [-0.1, -0.05) is 87.9 Å². The molecule has 55 heavy (non-hydrogen) atoms. The van der Waals surface area contributed by atoms with Crippen LogP contribution in [-0.2, 0) is 25.4 Å². The number of nitrogens with one attached hydrogen (secondary N) is 3. The smallest absolute Gasteiger partial charge is 0.329 e. The number of aliphatic carboxylic acids is 1.